The van der Waals surface area contributed by atoms with E-state index in [9.17, 15) is 4.79 Å². The number of aryl methyl sites for hydroxylation is 1. The zero-order valence-electron chi connectivity index (χ0n) is 7.19. The van der Waals surface area contributed by atoms with Crippen LogP contribution in [0.3, 0.4) is 0 Å². The molecule has 0 radical (unpaired) electrons. The number of aliphatic carboxylic acids is 1. The molecule has 0 fully saturated rings. The van der Waals surface area contributed by atoms with Crippen LogP contribution >= 0.6 is 11.3 Å². The number of carboxylic acid groups (broad SMARTS) is 1. The molecule has 0 saturated heterocycles. The van der Waals surface area contributed by atoms with E-state index in [4.69, 9.17) is 5.11 Å². The summed E-state index contributed by atoms with van der Waals surface area (Å²) in [6.45, 7) is 0. The lowest BCUT2D eigenvalue weighted by Gasteiger charge is -2.19. The summed E-state index contributed by atoms with van der Waals surface area (Å²) in [5, 5.41) is 8.71. The van der Waals surface area contributed by atoms with Crippen molar-refractivity contribution in [2.45, 2.75) is 31.6 Å². The Labute approximate surface area is 80.4 Å². The molecule has 1 N–H and O–H groups in total. The SMILES string of the molecule is O=C(O)CC1CCCc2ncsc21. The molecule has 1 aromatic rings. The molecule has 0 aromatic carbocycles. The van der Waals surface area contributed by atoms with Gasteiger partial charge in [0, 0.05) is 10.8 Å². The Kier molecular flexibility index (Phi) is 2.31. The van der Waals surface area contributed by atoms with E-state index >= 15 is 0 Å². The summed E-state index contributed by atoms with van der Waals surface area (Å²) in [6.07, 6.45) is 3.36. The molecule has 0 amide bonds. The van der Waals surface area contributed by atoms with Crippen molar-refractivity contribution < 1.29 is 9.90 Å². The number of fused-ring (bicyclic) bond motifs is 1. The molecule has 4 heteroatoms. The van der Waals surface area contributed by atoms with Crippen molar-refractivity contribution in [2.75, 3.05) is 0 Å². The molecule has 1 aromatic heterocycles. The number of thiazole rings is 1. The van der Waals surface area contributed by atoms with Crippen molar-refractivity contribution in [3.63, 3.8) is 0 Å². The Morgan fingerprint density at radius 1 is 1.77 bits per heavy atom. The van der Waals surface area contributed by atoms with Gasteiger partial charge in [-0.1, -0.05) is 0 Å². The third-order valence-corrected chi connectivity index (χ3v) is 3.46. The van der Waals surface area contributed by atoms with Crippen LogP contribution in [0.1, 0.15) is 35.8 Å². The van der Waals surface area contributed by atoms with Gasteiger partial charge in [-0.15, -0.1) is 11.3 Å². The predicted octanol–water partition coefficient (Wildman–Crippen LogP) is 2.04. The first-order valence-corrected chi connectivity index (χ1v) is 5.29. The van der Waals surface area contributed by atoms with E-state index in [0.717, 1.165) is 25.0 Å². The molecule has 70 valence electrons. The fraction of sp³-hybridized carbons (Fsp3) is 0.556. The van der Waals surface area contributed by atoms with Crippen LogP contribution in [0.4, 0.5) is 0 Å². The standard InChI is InChI=1S/C9H11NO2S/c11-8(12)4-6-2-1-3-7-9(6)13-5-10-7/h5-6H,1-4H2,(H,11,12). The Hall–Kier alpha value is -0.900. The zero-order valence-corrected chi connectivity index (χ0v) is 8.01. The third kappa shape index (κ3) is 1.72. The van der Waals surface area contributed by atoms with Crippen molar-refractivity contribution in [3.8, 4) is 0 Å². The van der Waals surface area contributed by atoms with E-state index in [0.29, 0.717) is 0 Å². The van der Waals surface area contributed by atoms with Gasteiger partial charge in [-0.3, -0.25) is 4.79 Å². The second kappa shape index (κ2) is 3.46. The zero-order chi connectivity index (χ0) is 9.26. The number of hydrogen-bond acceptors (Lipinski definition) is 3. The fourth-order valence-electron chi connectivity index (χ4n) is 1.85. The number of carbonyl (C=O) groups is 1. The second-order valence-corrected chi connectivity index (χ2v) is 4.24. The molecule has 3 nitrogen and oxygen atoms in total. The quantitative estimate of drug-likeness (QED) is 0.789. The Bertz CT molecular complexity index is 321. The predicted molar refractivity (Wildman–Crippen MR) is 50.0 cm³/mol. The highest BCUT2D eigenvalue weighted by Crippen LogP contribution is 2.35. The van der Waals surface area contributed by atoms with E-state index in [1.807, 2.05) is 5.51 Å². The summed E-state index contributed by atoms with van der Waals surface area (Å²) < 4.78 is 0. The van der Waals surface area contributed by atoms with Gasteiger partial charge in [0.05, 0.1) is 17.6 Å². The average molecular weight is 197 g/mol. The highest BCUT2D eigenvalue weighted by molar-refractivity contribution is 7.09. The maximum Gasteiger partial charge on any atom is 0.303 e. The van der Waals surface area contributed by atoms with Crippen LogP contribution in [0, 0.1) is 0 Å². The largest absolute Gasteiger partial charge is 0.481 e. The molecule has 1 heterocycles. The molecule has 2 rings (SSSR count). The molecule has 1 unspecified atom stereocenters. The van der Waals surface area contributed by atoms with Crippen LogP contribution in [0.15, 0.2) is 5.51 Å². The lowest BCUT2D eigenvalue weighted by atomic mass is 9.89. The fourth-order valence-corrected chi connectivity index (χ4v) is 2.83. The van der Waals surface area contributed by atoms with Crippen molar-refractivity contribution in [1.82, 2.24) is 4.98 Å². The Balaban J connectivity index is 2.20. The summed E-state index contributed by atoms with van der Waals surface area (Å²) in [7, 11) is 0. The molecular weight excluding hydrogens is 186 g/mol. The normalized spacial score (nSPS) is 21.1. The van der Waals surface area contributed by atoms with Crippen LogP contribution < -0.4 is 0 Å². The number of hydrogen-bond donors (Lipinski definition) is 1. The van der Waals surface area contributed by atoms with Gasteiger partial charge < -0.3 is 5.11 Å². The van der Waals surface area contributed by atoms with Crippen molar-refractivity contribution >= 4 is 17.3 Å². The minimum atomic E-state index is -0.703. The Morgan fingerprint density at radius 2 is 2.62 bits per heavy atom. The summed E-state index contributed by atoms with van der Waals surface area (Å²) in [5.41, 5.74) is 2.95. The van der Waals surface area contributed by atoms with Gasteiger partial charge in [-0.2, -0.15) is 0 Å². The third-order valence-electron chi connectivity index (χ3n) is 2.43. The van der Waals surface area contributed by atoms with Crippen LogP contribution in [-0.4, -0.2) is 16.1 Å². The maximum absolute atomic E-state index is 10.6. The van der Waals surface area contributed by atoms with Crippen LogP contribution in [0.2, 0.25) is 0 Å². The number of rotatable bonds is 2. The second-order valence-electron chi connectivity index (χ2n) is 3.35. The topological polar surface area (TPSA) is 50.2 Å². The molecule has 0 saturated carbocycles. The highest BCUT2D eigenvalue weighted by Gasteiger charge is 2.24. The van der Waals surface area contributed by atoms with E-state index in [1.54, 1.807) is 11.3 Å². The van der Waals surface area contributed by atoms with Gasteiger partial charge >= 0.3 is 5.97 Å². The smallest absolute Gasteiger partial charge is 0.303 e. The van der Waals surface area contributed by atoms with Gasteiger partial charge in [0.2, 0.25) is 0 Å². The molecular formula is C9H11NO2S. The number of aromatic nitrogens is 1. The summed E-state index contributed by atoms with van der Waals surface area (Å²) in [4.78, 5) is 16.0. The molecule has 1 aliphatic carbocycles. The van der Waals surface area contributed by atoms with Crippen LogP contribution in [-0.2, 0) is 11.2 Å². The first-order valence-electron chi connectivity index (χ1n) is 4.41. The summed E-state index contributed by atoms with van der Waals surface area (Å²) >= 11 is 1.60. The van der Waals surface area contributed by atoms with E-state index in [2.05, 4.69) is 4.98 Å². The first kappa shape index (κ1) is 8.69. The van der Waals surface area contributed by atoms with Gasteiger partial charge in [0.25, 0.3) is 0 Å². The van der Waals surface area contributed by atoms with Crippen molar-refractivity contribution in [2.24, 2.45) is 0 Å². The van der Waals surface area contributed by atoms with E-state index < -0.39 is 5.97 Å². The lowest BCUT2D eigenvalue weighted by molar-refractivity contribution is -0.137. The monoisotopic (exact) mass is 197 g/mol. The highest BCUT2D eigenvalue weighted by atomic mass is 32.1. The van der Waals surface area contributed by atoms with E-state index in [-0.39, 0.29) is 12.3 Å². The molecule has 0 bridgehead atoms. The first-order chi connectivity index (χ1) is 6.27. The number of nitrogens with zero attached hydrogens (tertiary/aromatic N) is 1. The minimum absolute atomic E-state index is 0.216. The minimum Gasteiger partial charge on any atom is -0.481 e. The van der Waals surface area contributed by atoms with Crippen molar-refractivity contribution in [3.05, 3.63) is 16.1 Å². The molecule has 0 spiro atoms. The number of carboxylic acids is 1. The average Bonchev–Trinajstić information content (AvgIpc) is 2.51. The van der Waals surface area contributed by atoms with Gasteiger partial charge in [0.1, 0.15) is 0 Å². The van der Waals surface area contributed by atoms with Gasteiger partial charge in [-0.05, 0) is 19.3 Å². The molecule has 1 aliphatic rings. The lowest BCUT2D eigenvalue weighted by Crippen LogP contribution is -2.11. The summed E-state index contributed by atoms with van der Waals surface area (Å²) in [5.74, 6) is -0.486. The molecule has 13 heavy (non-hydrogen) atoms. The maximum atomic E-state index is 10.6. The van der Waals surface area contributed by atoms with Crippen LogP contribution in [0.25, 0.3) is 0 Å². The van der Waals surface area contributed by atoms with Gasteiger partial charge in [-0.25, -0.2) is 4.98 Å². The Morgan fingerprint density at radius 3 is 3.38 bits per heavy atom. The molecule has 1 atom stereocenters. The molecule has 0 aliphatic heterocycles. The van der Waals surface area contributed by atoms with E-state index in [1.165, 1.54) is 4.88 Å². The summed E-state index contributed by atoms with van der Waals surface area (Å²) in [6, 6.07) is 0. The van der Waals surface area contributed by atoms with Crippen LogP contribution in [0.5, 0.6) is 0 Å². The van der Waals surface area contributed by atoms with Crippen molar-refractivity contribution in [1.29, 1.82) is 0 Å². The van der Waals surface area contributed by atoms with Gasteiger partial charge in [0.15, 0.2) is 0 Å².